The van der Waals surface area contributed by atoms with E-state index in [1.165, 1.54) is 0 Å². The summed E-state index contributed by atoms with van der Waals surface area (Å²) in [6.07, 6.45) is 1.90. The number of nitrogens with two attached hydrogens (primary N) is 1. The first-order valence-corrected chi connectivity index (χ1v) is 8.57. The van der Waals surface area contributed by atoms with E-state index in [0.29, 0.717) is 31.6 Å². The Labute approximate surface area is 147 Å². The molecule has 1 fully saturated rings. The van der Waals surface area contributed by atoms with Crippen LogP contribution >= 0.6 is 0 Å². The Morgan fingerprint density at radius 3 is 2.48 bits per heavy atom. The van der Waals surface area contributed by atoms with Gasteiger partial charge in [-0.05, 0) is 35.2 Å². The van der Waals surface area contributed by atoms with Crippen LogP contribution in [-0.4, -0.2) is 23.3 Å². The summed E-state index contributed by atoms with van der Waals surface area (Å²) in [6.45, 7) is 1.89. The molecule has 1 aliphatic heterocycles. The van der Waals surface area contributed by atoms with Crippen LogP contribution in [0.2, 0.25) is 0 Å². The molecule has 1 saturated heterocycles. The van der Waals surface area contributed by atoms with E-state index >= 15 is 0 Å². The van der Waals surface area contributed by atoms with E-state index in [2.05, 4.69) is 5.32 Å². The maximum Gasteiger partial charge on any atom is 0.224 e. The molecule has 1 heterocycles. The number of hydrogen-bond acceptors (Lipinski definition) is 3. The van der Waals surface area contributed by atoms with Gasteiger partial charge in [0, 0.05) is 31.7 Å². The van der Waals surface area contributed by atoms with Crippen LogP contribution in [0.15, 0.2) is 48.5 Å². The van der Waals surface area contributed by atoms with Gasteiger partial charge >= 0.3 is 0 Å². The summed E-state index contributed by atoms with van der Waals surface area (Å²) in [5, 5.41) is 2.96. The summed E-state index contributed by atoms with van der Waals surface area (Å²) in [6, 6.07) is 15.3. The molecule has 0 aliphatic carbocycles. The van der Waals surface area contributed by atoms with E-state index in [1.54, 1.807) is 12.1 Å². The van der Waals surface area contributed by atoms with E-state index in [9.17, 15) is 9.59 Å². The molecule has 2 aromatic rings. The fourth-order valence-corrected chi connectivity index (χ4v) is 3.04. The van der Waals surface area contributed by atoms with Crippen LogP contribution in [0.5, 0.6) is 0 Å². The number of benzene rings is 2. The van der Waals surface area contributed by atoms with Crippen molar-refractivity contribution < 1.29 is 9.59 Å². The monoisotopic (exact) mass is 337 g/mol. The number of amides is 2. The minimum atomic E-state index is -0.0307. The van der Waals surface area contributed by atoms with Crippen molar-refractivity contribution in [1.29, 1.82) is 0 Å². The summed E-state index contributed by atoms with van der Waals surface area (Å²) < 4.78 is 0. The Balaban J connectivity index is 1.58. The largest absolute Gasteiger partial charge is 0.399 e. The smallest absolute Gasteiger partial charge is 0.224 e. The van der Waals surface area contributed by atoms with E-state index < -0.39 is 0 Å². The van der Waals surface area contributed by atoms with E-state index in [1.807, 2.05) is 41.3 Å². The van der Waals surface area contributed by atoms with Gasteiger partial charge in [-0.1, -0.05) is 36.4 Å². The molecule has 0 saturated carbocycles. The zero-order valence-electron chi connectivity index (χ0n) is 14.2. The quantitative estimate of drug-likeness (QED) is 0.794. The Kier molecular flexibility index (Phi) is 5.33. The van der Waals surface area contributed by atoms with Gasteiger partial charge in [0.15, 0.2) is 0 Å². The molecule has 0 aromatic heterocycles. The lowest BCUT2D eigenvalue weighted by molar-refractivity contribution is -0.128. The standard InChI is InChI=1S/C20H23N3O2/c21-18-9-7-15(8-10-18)12-19(24)22-13-16-4-1-2-5-17(16)14-23-11-3-6-20(23)25/h1-2,4-5,7-10H,3,6,11-14,21H2,(H,22,24). The maximum absolute atomic E-state index is 12.2. The number of nitrogen functional groups attached to an aromatic ring is 1. The zero-order chi connectivity index (χ0) is 17.6. The van der Waals surface area contributed by atoms with Crippen molar-refractivity contribution in [3.63, 3.8) is 0 Å². The molecular formula is C20H23N3O2. The minimum absolute atomic E-state index is 0.0307. The molecule has 5 nitrogen and oxygen atoms in total. The van der Waals surface area contributed by atoms with Gasteiger partial charge in [0.05, 0.1) is 6.42 Å². The second kappa shape index (κ2) is 7.83. The molecule has 1 aliphatic rings. The summed E-state index contributed by atoms with van der Waals surface area (Å²) in [5.74, 6) is 0.180. The lowest BCUT2D eigenvalue weighted by Crippen LogP contribution is -2.27. The molecule has 0 radical (unpaired) electrons. The van der Waals surface area contributed by atoms with Crippen LogP contribution < -0.4 is 11.1 Å². The van der Waals surface area contributed by atoms with Crippen LogP contribution in [-0.2, 0) is 29.1 Å². The SMILES string of the molecule is Nc1ccc(CC(=O)NCc2ccccc2CN2CCCC2=O)cc1. The van der Waals surface area contributed by atoms with Gasteiger partial charge in [-0.3, -0.25) is 9.59 Å². The lowest BCUT2D eigenvalue weighted by atomic mass is 10.1. The van der Waals surface area contributed by atoms with Crippen molar-refractivity contribution in [3.8, 4) is 0 Å². The molecule has 0 atom stereocenters. The highest BCUT2D eigenvalue weighted by Gasteiger charge is 2.20. The number of nitrogens with one attached hydrogen (secondary N) is 1. The highest BCUT2D eigenvalue weighted by molar-refractivity contribution is 5.79. The van der Waals surface area contributed by atoms with Gasteiger partial charge < -0.3 is 16.0 Å². The first kappa shape index (κ1) is 17.0. The highest BCUT2D eigenvalue weighted by Crippen LogP contribution is 2.17. The van der Waals surface area contributed by atoms with Crippen molar-refractivity contribution in [2.45, 2.75) is 32.4 Å². The predicted octanol–water partition coefficient (Wildman–Crippen LogP) is 2.25. The van der Waals surface area contributed by atoms with Crippen molar-refractivity contribution in [2.75, 3.05) is 12.3 Å². The van der Waals surface area contributed by atoms with E-state index in [4.69, 9.17) is 5.73 Å². The molecule has 0 bridgehead atoms. The third kappa shape index (κ3) is 4.59. The number of carbonyl (C=O) groups is 2. The zero-order valence-corrected chi connectivity index (χ0v) is 14.2. The molecule has 3 N–H and O–H groups in total. The van der Waals surface area contributed by atoms with Gasteiger partial charge in [0.2, 0.25) is 11.8 Å². The summed E-state index contributed by atoms with van der Waals surface area (Å²) in [7, 11) is 0. The van der Waals surface area contributed by atoms with Crippen LogP contribution in [0.4, 0.5) is 5.69 Å². The van der Waals surface area contributed by atoms with Gasteiger partial charge in [0.1, 0.15) is 0 Å². The van der Waals surface area contributed by atoms with Gasteiger partial charge in [0.25, 0.3) is 0 Å². The van der Waals surface area contributed by atoms with E-state index in [0.717, 1.165) is 29.7 Å². The summed E-state index contributed by atoms with van der Waals surface area (Å²) in [4.78, 5) is 25.9. The maximum atomic E-state index is 12.2. The molecule has 0 unspecified atom stereocenters. The van der Waals surface area contributed by atoms with Gasteiger partial charge in [-0.2, -0.15) is 0 Å². The van der Waals surface area contributed by atoms with Crippen LogP contribution in [0.1, 0.15) is 29.5 Å². The van der Waals surface area contributed by atoms with E-state index in [-0.39, 0.29) is 11.8 Å². The Hall–Kier alpha value is -2.82. The first-order valence-electron chi connectivity index (χ1n) is 8.57. The average molecular weight is 337 g/mol. The Bertz CT molecular complexity index is 756. The predicted molar refractivity (Wildman–Crippen MR) is 97.5 cm³/mol. The number of anilines is 1. The van der Waals surface area contributed by atoms with Crippen molar-refractivity contribution in [2.24, 2.45) is 0 Å². The third-order valence-corrected chi connectivity index (χ3v) is 4.47. The number of hydrogen-bond donors (Lipinski definition) is 2. The summed E-state index contributed by atoms with van der Waals surface area (Å²) in [5.41, 5.74) is 9.42. The fraction of sp³-hybridized carbons (Fsp3) is 0.300. The normalized spacial score (nSPS) is 13.9. The molecule has 2 aromatic carbocycles. The molecule has 0 spiro atoms. The second-order valence-electron chi connectivity index (χ2n) is 6.38. The van der Waals surface area contributed by atoms with Gasteiger partial charge in [-0.15, -0.1) is 0 Å². The number of carbonyl (C=O) groups excluding carboxylic acids is 2. The molecule has 2 amide bonds. The van der Waals surface area contributed by atoms with Crippen LogP contribution in [0, 0.1) is 0 Å². The topological polar surface area (TPSA) is 75.4 Å². The molecule has 25 heavy (non-hydrogen) atoms. The van der Waals surface area contributed by atoms with Crippen LogP contribution in [0.25, 0.3) is 0 Å². The van der Waals surface area contributed by atoms with Crippen molar-refractivity contribution in [3.05, 3.63) is 65.2 Å². The first-order chi connectivity index (χ1) is 12.1. The number of nitrogens with zero attached hydrogens (tertiary/aromatic N) is 1. The van der Waals surface area contributed by atoms with Crippen molar-refractivity contribution in [1.82, 2.24) is 10.2 Å². The Morgan fingerprint density at radius 2 is 1.80 bits per heavy atom. The molecular weight excluding hydrogens is 314 g/mol. The van der Waals surface area contributed by atoms with Crippen molar-refractivity contribution >= 4 is 17.5 Å². The lowest BCUT2D eigenvalue weighted by Gasteiger charge is -2.18. The third-order valence-electron chi connectivity index (χ3n) is 4.47. The van der Waals surface area contributed by atoms with Crippen LogP contribution in [0.3, 0.4) is 0 Å². The fourth-order valence-electron chi connectivity index (χ4n) is 3.04. The highest BCUT2D eigenvalue weighted by atomic mass is 16.2. The van der Waals surface area contributed by atoms with Gasteiger partial charge in [-0.25, -0.2) is 0 Å². The molecule has 130 valence electrons. The minimum Gasteiger partial charge on any atom is -0.399 e. The summed E-state index contributed by atoms with van der Waals surface area (Å²) >= 11 is 0. The average Bonchev–Trinajstić information content (AvgIpc) is 3.01. The number of likely N-dealkylation sites (tertiary alicyclic amines) is 1. The number of rotatable bonds is 6. The second-order valence-corrected chi connectivity index (χ2v) is 6.38. The molecule has 5 heteroatoms. The Morgan fingerprint density at radius 1 is 1.08 bits per heavy atom. The molecule has 3 rings (SSSR count).